The zero-order valence-electron chi connectivity index (χ0n) is 16.3. The molecule has 0 aliphatic carbocycles. The van der Waals surface area contributed by atoms with Gasteiger partial charge in [-0.15, -0.1) is 0 Å². The molecule has 31 heavy (non-hydrogen) atoms. The van der Waals surface area contributed by atoms with Crippen LogP contribution < -0.4 is 14.9 Å². The second kappa shape index (κ2) is 8.07. The molecule has 1 aliphatic heterocycles. The molecule has 6 nitrogen and oxygen atoms in total. The van der Waals surface area contributed by atoms with E-state index >= 15 is 0 Å². The standard InChI is InChI=1S/C22H17F3O6/c1-28-13-6-4-12(5-7-13)18-19(26)15-9-8-14(30-21(27)16-3-2-10-29-16)11-17(15)31-20(18)22(23,24)25/h4-9,11,16H,2-3,10H2,1H3. The normalized spacial score (nSPS) is 16.5. The Morgan fingerprint density at radius 1 is 1.10 bits per heavy atom. The van der Waals surface area contributed by atoms with E-state index in [-0.39, 0.29) is 22.3 Å². The first kappa shape index (κ1) is 20.9. The van der Waals surface area contributed by atoms with Crippen molar-refractivity contribution in [1.82, 2.24) is 0 Å². The first-order valence-electron chi connectivity index (χ1n) is 9.43. The number of rotatable bonds is 4. The van der Waals surface area contributed by atoms with Gasteiger partial charge in [0.25, 0.3) is 0 Å². The van der Waals surface area contributed by atoms with Crippen LogP contribution in [0.1, 0.15) is 18.6 Å². The Morgan fingerprint density at radius 3 is 2.42 bits per heavy atom. The number of carbonyl (C=O) groups excluding carboxylic acids is 1. The van der Waals surface area contributed by atoms with Gasteiger partial charge >= 0.3 is 12.1 Å². The topological polar surface area (TPSA) is 75.0 Å². The van der Waals surface area contributed by atoms with Crippen LogP contribution in [0.25, 0.3) is 22.1 Å². The van der Waals surface area contributed by atoms with Gasteiger partial charge < -0.3 is 18.6 Å². The summed E-state index contributed by atoms with van der Waals surface area (Å²) in [6, 6.07) is 9.30. The van der Waals surface area contributed by atoms with Crippen LogP contribution in [-0.4, -0.2) is 25.8 Å². The molecule has 1 atom stereocenters. The summed E-state index contributed by atoms with van der Waals surface area (Å²) in [5, 5.41) is -0.0734. The van der Waals surface area contributed by atoms with Crippen molar-refractivity contribution >= 4 is 16.9 Å². The van der Waals surface area contributed by atoms with Gasteiger partial charge in [0.2, 0.25) is 11.2 Å². The van der Waals surface area contributed by atoms with E-state index in [0.29, 0.717) is 18.8 Å². The molecule has 0 saturated carbocycles. The predicted octanol–water partition coefficient (Wildman–Crippen LogP) is 4.57. The van der Waals surface area contributed by atoms with Gasteiger partial charge in [-0.3, -0.25) is 4.79 Å². The average Bonchev–Trinajstić information content (AvgIpc) is 3.28. The van der Waals surface area contributed by atoms with Crippen molar-refractivity contribution in [3.05, 3.63) is 58.4 Å². The number of methoxy groups -OCH3 is 1. The number of fused-ring (bicyclic) bond motifs is 1. The second-order valence-corrected chi connectivity index (χ2v) is 6.94. The van der Waals surface area contributed by atoms with Crippen LogP contribution in [0.5, 0.6) is 11.5 Å². The highest BCUT2D eigenvalue weighted by Crippen LogP contribution is 2.38. The quantitative estimate of drug-likeness (QED) is 0.442. The lowest BCUT2D eigenvalue weighted by Gasteiger charge is -2.14. The molecule has 0 bridgehead atoms. The van der Waals surface area contributed by atoms with Gasteiger partial charge in [-0.05, 0) is 42.7 Å². The van der Waals surface area contributed by atoms with Crippen LogP contribution in [0.3, 0.4) is 0 Å². The van der Waals surface area contributed by atoms with E-state index in [9.17, 15) is 22.8 Å². The first-order valence-corrected chi connectivity index (χ1v) is 9.43. The van der Waals surface area contributed by atoms with Crippen LogP contribution >= 0.6 is 0 Å². The van der Waals surface area contributed by atoms with Crippen LogP contribution in [0.2, 0.25) is 0 Å². The molecule has 0 N–H and O–H groups in total. The van der Waals surface area contributed by atoms with Gasteiger partial charge in [0.1, 0.15) is 17.1 Å². The summed E-state index contributed by atoms with van der Waals surface area (Å²) in [4.78, 5) is 25.1. The second-order valence-electron chi connectivity index (χ2n) is 6.94. The van der Waals surface area contributed by atoms with Gasteiger partial charge in [-0.1, -0.05) is 12.1 Å². The highest BCUT2D eigenvalue weighted by Gasteiger charge is 2.39. The fourth-order valence-electron chi connectivity index (χ4n) is 3.40. The number of ether oxygens (including phenoxy) is 3. The Bertz CT molecular complexity index is 1170. The number of carbonyl (C=O) groups is 1. The highest BCUT2D eigenvalue weighted by molar-refractivity contribution is 5.85. The number of esters is 1. The molecule has 3 aromatic rings. The van der Waals surface area contributed by atoms with E-state index in [0.717, 1.165) is 12.5 Å². The minimum atomic E-state index is -4.92. The molecular weight excluding hydrogens is 417 g/mol. The predicted molar refractivity (Wildman–Crippen MR) is 104 cm³/mol. The Morgan fingerprint density at radius 2 is 1.81 bits per heavy atom. The number of hydrogen-bond donors (Lipinski definition) is 0. The molecule has 1 unspecified atom stereocenters. The summed E-state index contributed by atoms with van der Waals surface area (Å²) in [7, 11) is 1.42. The summed E-state index contributed by atoms with van der Waals surface area (Å²) < 4.78 is 61.8. The Labute approximate surface area is 174 Å². The maximum atomic E-state index is 13.7. The molecule has 0 spiro atoms. The maximum Gasteiger partial charge on any atom is 0.450 e. The van der Waals surface area contributed by atoms with Gasteiger partial charge in [-0.2, -0.15) is 13.2 Å². The van der Waals surface area contributed by atoms with Crippen molar-refractivity contribution in [2.45, 2.75) is 25.1 Å². The van der Waals surface area contributed by atoms with E-state index in [1.54, 1.807) is 0 Å². The number of hydrogen-bond acceptors (Lipinski definition) is 6. The SMILES string of the molecule is COc1ccc(-c2c(C(F)(F)F)oc3cc(OC(=O)C4CCCO4)ccc3c2=O)cc1. The summed E-state index contributed by atoms with van der Waals surface area (Å²) in [6.45, 7) is 0.440. The molecule has 0 amide bonds. The maximum absolute atomic E-state index is 13.7. The first-order chi connectivity index (χ1) is 14.8. The molecule has 2 aromatic carbocycles. The monoisotopic (exact) mass is 434 g/mol. The van der Waals surface area contributed by atoms with Gasteiger partial charge in [0, 0.05) is 12.7 Å². The number of halogens is 3. The molecule has 1 aromatic heterocycles. The molecule has 1 saturated heterocycles. The zero-order valence-corrected chi connectivity index (χ0v) is 16.3. The van der Waals surface area contributed by atoms with Crippen LogP contribution in [0.4, 0.5) is 13.2 Å². The summed E-state index contributed by atoms with van der Waals surface area (Å²) >= 11 is 0. The minimum Gasteiger partial charge on any atom is -0.497 e. The van der Waals surface area contributed by atoms with Crippen LogP contribution in [0, 0.1) is 0 Å². The van der Waals surface area contributed by atoms with Gasteiger partial charge in [0.05, 0.1) is 18.1 Å². The van der Waals surface area contributed by atoms with Gasteiger partial charge in [-0.25, -0.2) is 4.79 Å². The molecule has 9 heteroatoms. The van der Waals surface area contributed by atoms with Crippen molar-refractivity contribution in [3.63, 3.8) is 0 Å². The highest BCUT2D eigenvalue weighted by atomic mass is 19.4. The Hall–Kier alpha value is -3.33. The molecule has 2 heterocycles. The Balaban J connectivity index is 1.80. The summed E-state index contributed by atoms with van der Waals surface area (Å²) in [6.07, 6.45) is -4.42. The van der Waals surface area contributed by atoms with Gasteiger partial charge in [0.15, 0.2) is 6.10 Å². The molecule has 1 fully saturated rings. The average molecular weight is 434 g/mol. The smallest absolute Gasteiger partial charge is 0.450 e. The van der Waals surface area contributed by atoms with Crippen LogP contribution in [-0.2, 0) is 15.7 Å². The van der Waals surface area contributed by atoms with E-state index in [2.05, 4.69) is 0 Å². The zero-order chi connectivity index (χ0) is 22.2. The third kappa shape index (κ3) is 4.13. The van der Waals surface area contributed by atoms with E-state index in [1.165, 1.54) is 43.5 Å². The molecule has 1 aliphatic rings. The van der Waals surface area contributed by atoms with Crippen molar-refractivity contribution < 1.29 is 36.6 Å². The molecular formula is C22H17F3O6. The van der Waals surface area contributed by atoms with Crippen molar-refractivity contribution in [3.8, 4) is 22.6 Å². The lowest BCUT2D eigenvalue weighted by molar-refractivity contribution is -0.152. The number of benzene rings is 2. The molecule has 4 rings (SSSR count). The minimum absolute atomic E-state index is 0.0395. The number of alkyl halides is 3. The lowest BCUT2D eigenvalue weighted by Crippen LogP contribution is -2.24. The third-order valence-corrected chi connectivity index (χ3v) is 4.91. The van der Waals surface area contributed by atoms with Crippen molar-refractivity contribution in [2.24, 2.45) is 0 Å². The fraction of sp³-hybridized carbons (Fsp3) is 0.273. The summed E-state index contributed by atoms with van der Waals surface area (Å²) in [5.74, 6) is -1.69. The van der Waals surface area contributed by atoms with Crippen LogP contribution in [0.15, 0.2) is 51.7 Å². The largest absolute Gasteiger partial charge is 0.497 e. The summed E-state index contributed by atoms with van der Waals surface area (Å²) in [5.41, 5.74) is -1.76. The molecule has 0 radical (unpaired) electrons. The Kier molecular flexibility index (Phi) is 5.45. The lowest BCUT2D eigenvalue weighted by atomic mass is 10.0. The van der Waals surface area contributed by atoms with E-state index in [4.69, 9.17) is 18.6 Å². The van der Waals surface area contributed by atoms with Crippen molar-refractivity contribution in [1.29, 1.82) is 0 Å². The van der Waals surface area contributed by atoms with Crippen molar-refractivity contribution in [2.75, 3.05) is 13.7 Å². The van der Waals surface area contributed by atoms with E-state index < -0.39 is 35.0 Å². The fourth-order valence-corrected chi connectivity index (χ4v) is 3.40. The molecule has 162 valence electrons. The third-order valence-electron chi connectivity index (χ3n) is 4.91. The van der Waals surface area contributed by atoms with E-state index in [1.807, 2.05) is 0 Å².